The second-order valence-corrected chi connectivity index (χ2v) is 11.6. The molecule has 2 aromatic heterocycles. The Balaban J connectivity index is 1.20. The largest absolute Gasteiger partial charge is 0.392 e. The fraction of sp³-hybridized carbons (Fsp3) is 0.235. The standard InChI is InChI=1S/C34H33N5O4S/c1-39-22-37-38-34(39)44-21-30-17-31(25-12-10-23(20-40)11-13-25)43-33(42-30)28-8-3-7-27(16-28)26-6-2-5-24(15-26)18-36-32(41)29-9-4-14-35-19-29/h2-16,19,22,30-31,33,40H,17-18,20-21H2,1H3,(H,36,41)/t30-,31+,33+/m0/s1. The lowest BCUT2D eigenvalue weighted by molar-refractivity contribution is -0.245. The highest BCUT2D eigenvalue weighted by Gasteiger charge is 2.32. The van der Waals surface area contributed by atoms with Gasteiger partial charge in [0.15, 0.2) is 11.4 Å². The van der Waals surface area contributed by atoms with Crippen LogP contribution in [0.2, 0.25) is 0 Å². The summed E-state index contributed by atoms with van der Waals surface area (Å²) in [7, 11) is 1.93. The van der Waals surface area contributed by atoms with Crippen molar-refractivity contribution in [2.24, 2.45) is 7.05 Å². The first-order chi connectivity index (χ1) is 21.6. The van der Waals surface area contributed by atoms with Gasteiger partial charge in [-0.3, -0.25) is 9.78 Å². The zero-order chi connectivity index (χ0) is 30.3. The normalized spacial score (nSPS) is 18.2. The topological polar surface area (TPSA) is 111 Å². The molecule has 0 saturated carbocycles. The Bertz CT molecular complexity index is 1700. The van der Waals surface area contributed by atoms with Crippen molar-refractivity contribution in [1.29, 1.82) is 0 Å². The number of pyridine rings is 1. The number of nitrogens with one attached hydrogen (secondary N) is 1. The fourth-order valence-corrected chi connectivity index (χ4v) is 6.01. The van der Waals surface area contributed by atoms with Gasteiger partial charge in [-0.1, -0.05) is 72.4 Å². The molecule has 224 valence electrons. The molecule has 5 aromatic rings. The number of benzene rings is 3. The molecule has 1 saturated heterocycles. The Kier molecular flexibility index (Phi) is 9.43. The zero-order valence-electron chi connectivity index (χ0n) is 24.2. The number of thioether (sulfide) groups is 1. The molecule has 3 atom stereocenters. The number of hydrogen-bond acceptors (Lipinski definition) is 8. The van der Waals surface area contributed by atoms with E-state index in [4.69, 9.17) is 9.47 Å². The van der Waals surface area contributed by atoms with Gasteiger partial charge in [-0.25, -0.2) is 0 Å². The Hall–Kier alpha value is -4.35. The number of amides is 1. The third-order valence-corrected chi connectivity index (χ3v) is 8.65. The molecule has 3 aromatic carbocycles. The van der Waals surface area contributed by atoms with Crippen molar-refractivity contribution in [3.05, 3.63) is 131 Å². The van der Waals surface area contributed by atoms with E-state index in [9.17, 15) is 9.90 Å². The molecular weight excluding hydrogens is 574 g/mol. The second kappa shape index (κ2) is 14.0. The summed E-state index contributed by atoms with van der Waals surface area (Å²) >= 11 is 1.61. The van der Waals surface area contributed by atoms with Crippen molar-refractivity contribution in [1.82, 2.24) is 25.1 Å². The third kappa shape index (κ3) is 7.23. The fourth-order valence-electron chi connectivity index (χ4n) is 5.10. The number of aromatic nitrogens is 4. The van der Waals surface area contributed by atoms with Gasteiger partial charge in [-0.2, -0.15) is 0 Å². The summed E-state index contributed by atoms with van der Waals surface area (Å²) in [5.41, 5.74) is 6.39. The predicted molar refractivity (Wildman–Crippen MR) is 167 cm³/mol. The summed E-state index contributed by atoms with van der Waals surface area (Å²) in [6.45, 7) is 0.400. The highest BCUT2D eigenvalue weighted by Crippen LogP contribution is 2.40. The molecule has 1 aliphatic rings. The SMILES string of the molecule is Cn1cnnc1SC[C@@H]1C[C@H](c2ccc(CO)cc2)O[C@H](c2cccc(-c3cccc(CNC(=O)c4cccnc4)c3)c2)O1. The van der Waals surface area contributed by atoms with Crippen molar-refractivity contribution in [3.8, 4) is 11.1 Å². The van der Waals surface area contributed by atoms with Gasteiger partial charge in [-0.15, -0.1) is 10.2 Å². The van der Waals surface area contributed by atoms with Crippen LogP contribution in [0.5, 0.6) is 0 Å². The van der Waals surface area contributed by atoms with Crippen molar-refractivity contribution in [3.63, 3.8) is 0 Å². The van der Waals surface area contributed by atoms with Crippen LogP contribution >= 0.6 is 11.8 Å². The Labute approximate surface area is 260 Å². The molecule has 0 aliphatic carbocycles. The van der Waals surface area contributed by atoms with Gasteiger partial charge >= 0.3 is 0 Å². The average molecular weight is 608 g/mol. The summed E-state index contributed by atoms with van der Waals surface area (Å²) in [5, 5.41) is 21.5. The van der Waals surface area contributed by atoms with E-state index in [2.05, 4.69) is 44.8 Å². The van der Waals surface area contributed by atoms with Crippen molar-refractivity contribution >= 4 is 17.7 Å². The van der Waals surface area contributed by atoms with E-state index in [0.717, 1.165) is 38.5 Å². The van der Waals surface area contributed by atoms with E-state index < -0.39 is 6.29 Å². The number of ether oxygens (including phenoxy) is 2. The van der Waals surface area contributed by atoms with E-state index in [-0.39, 0.29) is 24.7 Å². The molecule has 0 bridgehead atoms. The zero-order valence-corrected chi connectivity index (χ0v) is 25.1. The molecule has 0 unspecified atom stereocenters. The first-order valence-electron chi connectivity index (χ1n) is 14.4. The summed E-state index contributed by atoms with van der Waals surface area (Å²) in [5.74, 6) is 0.536. The Morgan fingerprint density at radius 2 is 1.80 bits per heavy atom. The molecule has 1 amide bonds. The van der Waals surface area contributed by atoms with E-state index in [1.54, 1.807) is 42.6 Å². The lowest BCUT2D eigenvalue weighted by Crippen LogP contribution is -2.31. The molecule has 3 heterocycles. The maximum absolute atomic E-state index is 12.5. The second-order valence-electron chi connectivity index (χ2n) is 10.6. The van der Waals surface area contributed by atoms with Gasteiger partial charge in [-0.05, 0) is 52.1 Å². The predicted octanol–water partition coefficient (Wildman–Crippen LogP) is 5.64. The third-order valence-electron chi connectivity index (χ3n) is 7.48. The number of aliphatic hydroxyl groups is 1. The summed E-state index contributed by atoms with van der Waals surface area (Å²) in [4.78, 5) is 16.5. The van der Waals surface area contributed by atoms with E-state index in [1.165, 1.54) is 0 Å². The van der Waals surface area contributed by atoms with Crippen LogP contribution in [0, 0.1) is 0 Å². The molecule has 9 nitrogen and oxygen atoms in total. The quantitative estimate of drug-likeness (QED) is 0.196. The minimum Gasteiger partial charge on any atom is -0.392 e. The van der Waals surface area contributed by atoms with Crippen LogP contribution in [-0.2, 0) is 29.7 Å². The number of nitrogens with zero attached hydrogens (tertiary/aromatic N) is 4. The van der Waals surface area contributed by atoms with E-state index >= 15 is 0 Å². The van der Waals surface area contributed by atoms with Gasteiger partial charge in [0.1, 0.15) is 6.33 Å². The molecule has 10 heteroatoms. The van der Waals surface area contributed by atoms with Crippen LogP contribution in [0.3, 0.4) is 0 Å². The van der Waals surface area contributed by atoms with Gasteiger partial charge in [0.2, 0.25) is 0 Å². The number of aliphatic hydroxyl groups excluding tert-OH is 1. The Morgan fingerprint density at radius 3 is 2.55 bits per heavy atom. The van der Waals surface area contributed by atoms with Crippen molar-refractivity contribution < 1.29 is 19.4 Å². The van der Waals surface area contributed by atoms with Crippen LogP contribution < -0.4 is 5.32 Å². The smallest absolute Gasteiger partial charge is 0.253 e. The average Bonchev–Trinajstić information content (AvgIpc) is 3.51. The summed E-state index contributed by atoms with van der Waals surface area (Å²) in [6.07, 6.45) is 4.74. The monoisotopic (exact) mass is 607 g/mol. The maximum atomic E-state index is 12.5. The molecule has 6 rings (SSSR count). The number of carbonyl (C=O) groups is 1. The molecule has 0 spiro atoms. The number of aryl methyl sites for hydroxylation is 1. The lowest BCUT2D eigenvalue weighted by Gasteiger charge is -2.36. The van der Waals surface area contributed by atoms with Gasteiger partial charge in [0, 0.05) is 43.7 Å². The lowest BCUT2D eigenvalue weighted by atomic mass is 9.99. The highest BCUT2D eigenvalue weighted by atomic mass is 32.2. The van der Waals surface area contributed by atoms with Crippen LogP contribution in [0.15, 0.2) is 109 Å². The van der Waals surface area contributed by atoms with Crippen LogP contribution in [-0.4, -0.2) is 42.6 Å². The number of hydrogen-bond donors (Lipinski definition) is 2. The molecular formula is C34H33N5O4S. The van der Waals surface area contributed by atoms with Crippen molar-refractivity contribution in [2.45, 2.75) is 43.2 Å². The van der Waals surface area contributed by atoms with E-state index in [0.29, 0.717) is 24.3 Å². The maximum Gasteiger partial charge on any atom is 0.253 e. The molecule has 0 radical (unpaired) electrons. The molecule has 44 heavy (non-hydrogen) atoms. The van der Waals surface area contributed by atoms with Gasteiger partial charge in [0.05, 0.1) is 24.4 Å². The molecule has 1 aliphatic heterocycles. The van der Waals surface area contributed by atoms with Crippen molar-refractivity contribution in [2.75, 3.05) is 5.75 Å². The molecule has 2 N–H and O–H groups in total. The highest BCUT2D eigenvalue weighted by molar-refractivity contribution is 7.99. The summed E-state index contributed by atoms with van der Waals surface area (Å²) in [6, 6.07) is 27.7. The number of rotatable bonds is 10. The van der Waals surface area contributed by atoms with Crippen LogP contribution in [0.1, 0.15) is 51.4 Å². The summed E-state index contributed by atoms with van der Waals surface area (Å²) < 4.78 is 15.0. The Morgan fingerprint density at radius 1 is 0.977 bits per heavy atom. The van der Waals surface area contributed by atoms with Gasteiger partial charge in [0.25, 0.3) is 5.91 Å². The molecule has 1 fully saturated rings. The van der Waals surface area contributed by atoms with Gasteiger partial charge < -0.3 is 24.5 Å². The first-order valence-corrected chi connectivity index (χ1v) is 15.4. The van der Waals surface area contributed by atoms with E-state index in [1.807, 2.05) is 60.1 Å². The van der Waals surface area contributed by atoms with Crippen LogP contribution in [0.25, 0.3) is 11.1 Å². The minimum absolute atomic E-state index is 0.000621. The van der Waals surface area contributed by atoms with Crippen LogP contribution in [0.4, 0.5) is 0 Å². The first kappa shape index (κ1) is 29.7. The minimum atomic E-state index is -0.571. The number of carbonyl (C=O) groups excluding carboxylic acids is 1.